The third-order valence-electron chi connectivity index (χ3n) is 6.59. The van der Waals surface area contributed by atoms with Gasteiger partial charge >= 0.3 is 0 Å². The highest BCUT2D eigenvalue weighted by Crippen LogP contribution is 2.44. The van der Waals surface area contributed by atoms with E-state index in [1.807, 2.05) is 22.4 Å². The van der Waals surface area contributed by atoms with E-state index < -0.39 is 0 Å². The van der Waals surface area contributed by atoms with Crippen LogP contribution in [0.5, 0.6) is 0 Å². The molecule has 0 amide bonds. The smallest absolute Gasteiger partial charge is 0.155 e. The number of piperidine rings is 1. The van der Waals surface area contributed by atoms with Crippen molar-refractivity contribution in [3.63, 3.8) is 0 Å². The topological polar surface area (TPSA) is 59.2 Å². The van der Waals surface area contributed by atoms with Gasteiger partial charge in [0, 0.05) is 30.4 Å². The van der Waals surface area contributed by atoms with Gasteiger partial charge in [0.05, 0.1) is 17.4 Å². The highest BCUT2D eigenvalue weighted by atomic mass is 32.1. The van der Waals surface area contributed by atoms with E-state index in [1.165, 1.54) is 30.5 Å². The number of thiazole rings is 1. The Hall–Kier alpha value is -2.80. The third-order valence-corrected chi connectivity index (χ3v) is 7.18. The fraction of sp³-hybridized carbons (Fsp3) is 0.364. The SMILES string of the molecule is Cc1nc(N2CCC3(CC2)Cc2cccnc2C3)c2ccnn2c1-c1cscn1. The van der Waals surface area contributed by atoms with Gasteiger partial charge in [-0.25, -0.2) is 14.5 Å². The van der Waals surface area contributed by atoms with Gasteiger partial charge in [0.1, 0.15) is 16.9 Å². The molecular weight excluding hydrogens is 380 g/mol. The van der Waals surface area contributed by atoms with Crippen molar-refractivity contribution in [2.45, 2.75) is 32.6 Å². The lowest BCUT2D eigenvalue weighted by Gasteiger charge is -2.40. The van der Waals surface area contributed by atoms with Crippen molar-refractivity contribution in [1.82, 2.24) is 24.6 Å². The molecule has 6 nitrogen and oxygen atoms in total. The number of pyridine rings is 1. The maximum atomic E-state index is 5.03. The van der Waals surface area contributed by atoms with Gasteiger partial charge in [-0.15, -0.1) is 11.3 Å². The summed E-state index contributed by atoms with van der Waals surface area (Å²) in [6.45, 7) is 4.11. The monoisotopic (exact) mass is 402 g/mol. The molecule has 2 aliphatic rings. The molecule has 1 aliphatic carbocycles. The van der Waals surface area contributed by atoms with Crippen molar-refractivity contribution in [3.8, 4) is 11.4 Å². The zero-order valence-corrected chi connectivity index (χ0v) is 17.2. The van der Waals surface area contributed by atoms with Crippen molar-refractivity contribution in [2.75, 3.05) is 18.0 Å². The first-order chi connectivity index (χ1) is 14.2. The van der Waals surface area contributed by atoms with Gasteiger partial charge in [-0.05, 0) is 55.7 Å². The molecular formula is C22H22N6S. The molecule has 4 aromatic heterocycles. The van der Waals surface area contributed by atoms with Crippen molar-refractivity contribution >= 4 is 22.7 Å². The summed E-state index contributed by atoms with van der Waals surface area (Å²) in [7, 11) is 0. The summed E-state index contributed by atoms with van der Waals surface area (Å²) in [5.74, 6) is 1.04. The van der Waals surface area contributed by atoms with E-state index in [0.29, 0.717) is 5.41 Å². The Morgan fingerprint density at radius 2 is 1.97 bits per heavy atom. The number of anilines is 1. The van der Waals surface area contributed by atoms with E-state index in [-0.39, 0.29) is 0 Å². The van der Waals surface area contributed by atoms with Crippen LogP contribution < -0.4 is 4.90 Å². The summed E-state index contributed by atoms with van der Waals surface area (Å²) < 4.78 is 2.01. The second kappa shape index (κ2) is 6.35. The number of aryl methyl sites for hydroxylation is 1. The molecule has 5 heterocycles. The lowest BCUT2D eigenvalue weighted by molar-refractivity contribution is 0.231. The molecule has 0 N–H and O–H groups in total. The Morgan fingerprint density at radius 3 is 2.76 bits per heavy atom. The minimum atomic E-state index is 0.374. The number of nitrogens with zero attached hydrogens (tertiary/aromatic N) is 6. The van der Waals surface area contributed by atoms with Crippen molar-refractivity contribution in [1.29, 1.82) is 0 Å². The third kappa shape index (κ3) is 2.68. The average molecular weight is 403 g/mol. The van der Waals surface area contributed by atoms with Crippen LogP contribution >= 0.6 is 11.3 Å². The second-order valence-electron chi connectivity index (χ2n) is 8.32. The van der Waals surface area contributed by atoms with Crippen LogP contribution in [-0.2, 0) is 12.8 Å². The maximum absolute atomic E-state index is 5.03. The van der Waals surface area contributed by atoms with Crippen LogP contribution in [0.3, 0.4) is 0 Å². The first-order valence-electron chi connectivity index (χ1n) is 10.1. The molecule has 0 atom stereocenters. The summed E-state index contributed by atoms with van der Waals surface area (Å²) in [6.07, 6.45) is 8.44. The highest BCUT2D eigenvalue weighted by Gasteiger charge is 2.41. The molecule has 29 heavy (non-hydrogen) atoms. The Bertz CT molecular complexity index is 1160. The molecule has 6 rings (SSSR count). The Balaban J connectivity index is 1.31. The van der Waals surface area contributed by atoms with Crippen molar-refractivity contribution in [3.05, 3.63) is 58.4 Å². The summed E-state index contributed by atoms with van der Waals surface area (Å²) in [4.78, 5) is 16.6. The fourth-order valence-corrected chi connectivity index (χ4v) is 5.63. The van der Waals surface area contributed by atoms with Crippen LogP contribution in [0.15, 0.2) is 41.5 Å². The fourth-order valence-electron chi connectivity index (χ4n) is 5.09. The minimum Gasteiger partial charge on any atom is -0.355 e. The lowest BCUT2D eigenvalue weighted by Crippen LogP contribution is -2.41. The van der Waals surface area contributed by atoms with E-state index in [4.69, 9.17) is 4.98 Å². The summed E-state index contributed by atoms with van der Waals surface area (Å²) in [5.41, 5.74) is 8.94. The summed E-state index contributed by atoms with van der Waals surface area (Å²) in [6, 6.07) is 6.39. The van der Waals surface area contributed by atoms with Gasteiger partial charge < -0.3 is 4.90 Å². The van der Waals surface area contributed by atoms with E-state index in [1.54, 1.807) is 11.3 Å². The van der Waals surface area contributed by atoms with Crippen molar-refractivity contribution < 1.29 is 0 Å². The quantitative estimate of drug-likeness (QED) is 0.508. The number of hydrogen-bond acceptors (Lipinski definition) is 6. The molecule has 1 saturated heterocycles. The molecule has 0 aromatic carbocycles. The average Bonchev–Trinajstić information content (AvgIpc) is 3.47. The molecule has 1 aliphatic heterocycles. The first kappa shape index (κ1) is 17.1. The molecule has 0 bridgehead atoms. The Morgan fingerprint density at radius 1 is 1.07 bits per heavy atom. The van der Waals surface area contributed by atoms with Gasteiger partial charge in [-0.2, -0.15) is 5.10 Å². The summed E-state index contributed by atoms with van der Waals surface area (Å²) in [5, 5.41) is 6.65. The molecule has 146 valence electrons. The first-order valence-corrected chi connectivity index (χ1v) is 11.1. The zero-order chi connectivity index (χ0) is 19.4. The van der Waals surface area contributed by atoms with E-state index >= 15 is 0 Å². The normalized spacial score (nSPS) is 17.9. The van der Waals surface area contributed by atoms with Gasteiger partial charge in [-0.1, -0.05) is 6.07 Å². The highest BCUT2D eigenvalue weighted by molar-refractivity contribution is 7.07. The zero-order valence-electron chi connectivity index (χ0n) is 16.4. The number of fused-ring (bicyclic) bond motifs is 2. The van der Waals surface area contributed by atoms with Crippen molar-refractivity contribution in [2.24, 2.45) is 5.41 Å². The summed E-state index contributed by atoms with van der Waals surface area (Å²) >= 11 is 1.60. The number of hydrogen-bond donors (Lipinski definition) is 0. The van der Waals surface area contributed by atoms with Gasteiger partial charge in [-0.3, -0.25) is 4.98 Å². The molecule has 0 saturated carbocycles. The van der Waals surface area contributed by atoms with Crippen LogP contribution in [-0.4, -0.2) is 37.7 Å². The van der Waals surface area contributed by atoms with E-state index in [0.717, 1.165) is 47.9 Å². The molecule has 0 radical (unpaired) electrons. The van der Waals surface area contributed by atoms with Crippen LogP contribution in [0.2, 0.25) is 0 Å². The number of aromatic nitrogens is 5. The Labute approximate surface area is 173 Å². The molecule has 1 fully saturated rings. The van der Waals surface area contributed by atoms with Crippen LogP contribution in [0.25, 0.3) is 16.9 Å². The predicted molar refractivity (Wildman–Crippen MR) is 114 cm³/mol. The standard InChI is InChI=1S/C22H22N6S/c1-15-20(18-13-29-14-24-18)28-19(4-8-25-28)21(26-15)27-9-5-22(6-10-27)11-16-3-2-7-23-17(16)12-22/h2-4,7-8,13-14H,5-6,9-12H2,1H3. The Kier molecular flexibility index (Phi) is 3.74. The number of rotatable bonds is 2. The van der Waals surface area contributed by atoms with Gasteiger partial charge in [0.25, 0.3) is 0 Å². The second-order valence-corrected chi connectivity index (χ2v) is 9.04. The molecule has 0 unspecified atom stereocenters. The molecule has 4 aromatic rings. The minimum absolute atomic E-state index is 0.374. The largest absolute Gasteiger partial charge is 0.355 e. The maximum Gasteiger partial charge on any atom is 0.155 e. The molecule has 7 heteroatoms. The van der Waals surface area contributed by atoms with Gasteiger partial charge in [0.2, 0.25) is 0 Å². The van der Waals surface area contributed by atoms with Crippen LogP contribution in [0.4, 0.5) is 5.82 Å². The van der Waals surface area contributed by atoms with E-state index in [2.05, 4.69) is 50.5 Å². The molecule has 1 spiro atoms. The van der Waals surface area contributed by atoms with Crippen LogP contribution in [0, 0.1) is 12.3 Å². The van der Waals surface area contributed by atoms with Gasteiger partial charge in [0.15, 0.2) is 5.82 Å². The lowest BCUT2D eigenvalue weighted by atomic mass is 9.76. The van der Waals surface area contributed by atoms with E-state index in [9.17, 15) is 0 Å². The predicted octanol–water partition coefficient (Wildman–Crippen LogP) is 3.94. The van der Waals surface area contributed by atoms with Crippen LogP contribution in [0.1, 0.15) is 29.8 Å².